The number of hydrogen-bond acceptors (Lipinski definition) is 4. The van der Waals surface area contributed by atoms with E-state index in [9.17, 15) is 13.2 Å². The Labute approximate surface area is 168 Å². The van der Waals surface area contributed by atoms with Crippen molar-refractivity contribution in [1.82, 2.24) is 9.62 Å². The average Bonchev–Trinajstić information content (AvgIpc) is 2.67. The van der Waals surface area contributed by atoms with Crippen molar-refractivity contribution in [3.8, 4) is 5.75 Å². The van der Waals surface area contributed by atoms with E-state index in [4.69, 9.17) is 4.74 Å². The Kier molecular flexibility index (Phi) is 7.58. The third kappa shape index (κ3) is 6.20. The highest BCUT2D eigenvalue weighted by molar-refractivity contribution is 9.10. The van der Waals surface area contributed by atoms with Crippen LogP contribution in [0.2, 0.25) is 0 Å². The fraction of sp³-hybridized carbons (Fsp3) is 0.211. The number of likely N-dealkylation sites (N-methyl/N-ethyl adjacent to an activating group) is 1. The molecule has 0 radical (unpaired) electrons. The van der Waals surface area contributed by atoms with Crippen molar-refractivity contribution in [3.63, 3.8) is 0 Å². The Morgan fingerprint density at radius 3 is 2.41 bits per heavy atom. The van der Waals surface area contributed by atoms with Gasteiger partial charge in [0.05, 0.1) is 11.4 Å². The molecule has 2 aromatic rings. The number of rotatable bonds is 9. The standard InChI is InChI=1S/C19H21BrN2O4S/c1-3-12-21-27(24,25)18-10-4-15(5-11-18)19(23)22(2)13-14-26-17-8-6-16(20)7-9-17/h3-11,21H,1,12-14H2,2H3. The molecule has 0 aromatic heterocycles. The molecule has 144 valence electrons. The number of benzene rings is 2. The molecule has 1 N–H and O–H groups in total. The predicted octanol–water partition coefficient (Wildman–Crippen LogP) is 3.06. The molecule has 1 amide bonds. The molecule has 0 bridgehead atoms. The van der Waals surface area contributed by atoms with Crippen LogP contribution in [0.15, 0.2) is 70.6 Å². The lowest BCUT2D eigenvalue weighted by Crippen LogP contribution is -2.31. The number of halogens is 1. The summed E-state index contributed by atoms with van der Waals surface area (Å²) >= 11 is 3.36. The summed E-state index contributed by atoms with van der Waals surface area (Å²) in [5.41, 5.74) is 0.406. The van der Waals surface area contributed by atoms with Crippen molar-refractivity contribution in [1.29, 1.82) is 0 Å². The molecular weight excluding hydrogens is 432 g/mol. The van der Waals surface area contributed by atoms with E-state index in [1.165, 1.54) is 35.2 Å². The van der Waals surface area contributed by atoms with Crippen molar-refractivity contribution < 1.29 is 17.9 Å². The van der Waals surface area contributed by atoms with Gasteiger partial charge in [0.25, 0.3) is 5.91 Å². The van der Waals surface area contributed by atoms with Crippen LogP contribution in [-0.4, -0.2) is 46.0 Å². The van der Waals surface area contributed by atoms with Gasteiger partial charge in [-0.25, -0.2) is 13.1 Å². The molecule has 8 heteroatoms. The lowest BCUT2D eigenvalue weighted by molar-refractivity contribution is 0.0773. The maximum atomic E-state index is 12.5. The van der Waals surface area contributed by atoms with Crippen molar-refractivity contribution in [2.24, 2.45) is 0 Å². The maximum Gasteiger partial charge on any atom is 0.253 e. The van der Waals surface area contributed by atoms with E-state index in [-0.39, 0.29) is 17.3 Å². The van der Waals surface area contributed by atoms with E-state index in [1.54, 1.807) is 7.05 Å². The molecule has 6 nitrogen and oxygen atoms in total. The Morgan fingerprint density at radius 2 is 1.81 bits per heavy atom. The highest BCUT2D eigenvalue weighted by Crippen LogP contribution is 2.16. The number of sulfonamides is 1. The van der Waals surface area contributed by atoms with Crippen LogP contribution >= 0.6 is 15.9 Å². The Morgan fingerprint density at radius 1 is 1.19 bits per heavy atom. The van der Waals surface area contributed by atoms with Crippen LogP contribution in [0, 0.1) is 0 Å². The first-order valence-electron chi connectivity index (χ1n) is 8.18. The largest absolute Gasteiger partial charge is 0.492 e. The highest BCUT2D eigenvalue weighted by Gasteiger charge is 2.16. The van der Waals surface area contributed by atoms with Gasteiger partial charge < -0.3 is 9.64 Å². The Balaban J connectivity index is 1.92. The van der Waals surface area contributed by atoms with Crippen molar-refractivity contribution in [2.75, 3.05) is 26.7 Å². The molecule has 0 spiro atoms. The second-order valence-corrected chi connectivity index (χ2v) is 8.38. The van der Waals surface area contributed by atoms with Crippen LogP contribution in [-0.2, 0) is 10.0 Å². The summed E-state index contributed by atoms with van der Waals surface area (Å²) in [7, 11) is -1.93. The summed E-state index contributed by atoms with van der Waals surface area (Å²) in [5.74, 6) is 0.512. The van der Waals surface area contributed by atoms with Crippen molar-refractivity contribution in [3.05, 3.63) is 71.2 Å². The van der Waals surface area contributed by atoms with E-state index in [0.29, 0.717) is 18.7 Å². The topological polar surface area (TPSA) is 75.7 Å². The summed E-state index contributed by atoms with van der Waals surface area (Å²) in [6, 6.07) is 13.2. The molecule has 0 heterocycles. The van der Waals surface area contributed by atoms with E-state index in [2.05, 4.69) is 27.2 Å². The SMILES string of the molecule is C=CCNS(=O)(=O)c1ccc(C(=O)N(C)CCOc2ccc(Br)cc2)cc1. The molecule has 2 rings (SSSR count). The monoisotopic (exact) mass is 452 g/mol. The lowest BCUT2D eigenvalue weighted by atomic mass is 10.2. The molecule has 27 heavy (non-hydrogen) atoms. The molecule has 0 saturated carbocycles. The van der Waals surface area contributed by atoms with Crippen LogP contribution in [0.3, 0.4) is 0 Å². The highest BCUT2D eigenvalue weighted by atomic mass is 79.9. The van der Waals surface area contributed by atoms with Crippen molar-refractivity contribution in [2.45, 2.75) is 4.90 Å². The van der Waals surface area contributed by atoms with Crippen LogP contribution < -0.4 is 9.46 Å². The summed E-state index contributed by atoms with van der Waals surface area (Å²) in [6.45, 7) is 4.36. The zero-order chi connectivity index (χ0) is 19.9. The molecule has 0 aliphatic heterocycles. The first kappa shape index (κ1) is 21.1. The molecule has 0 fully saturated rings. The Bertz CT molecular complexity index is 881. The minimum atomic E-state index is -3.60. The fourth-order valence-electron chi connectivity index (χ4n) is 2.18. The van der Waals surface area contributed by atoms with Gasteiger partial charge >= 0.3 is 0 Å². The lowest BCUT2D eigenvalue weighted by Gasteiger charge is -2.18. The van der Waals surface area contributed by atoms with Crippen molar-refractivity contribution >= 4 is 31.9 Å². The van der Waals surface area contributed by atoms with Crippen LogP contribution in [0.1, 0.15) is 10.4 Å². The summed E-state index contributed by atoms with van der Waals surface area (Å²) in [5, 5.41) is 0. The molecular formula is C19H21BrN2O4S. The van der Waals surface area contributed by atoms with E-state index in [0.717, 1.165) is 10.2 Å². The first-order chi connectivity index (χ1) is 12.8. The van der Waals surface area contributed by atoms with Gasteiger partial charge in [0.2, 0.25) is 10.0 Å². The quantitative estimate of drug-likeness (QED) is 0.593. The third-order valence-corrected chi connectivity index (χ3v) is 5.65. The smallest absolute Gasteiger partial charge is 0.253 e. The minimum Gasteiger partial charge on any atom is -0.492 e. The Hall–Kier alpha value is -2.16. The summed E-state index contributed by atoms with van der Waals surface area (Å²) in [4.78, 5) is 14.1. The van der Waals surface area contributed by atoms with E-state index < -0.39 is 10.0 Å². The molecule has 0 aliphatic rings. The van der Waals surface area contributed by atoms with Gasteiger partial charge in [-0.15, -0.1) is 6.58 Å². The number of carbonyl (C=O) groups is 1. The van der Waals surface area contributed by atoms with Crippen LogP contribution in [0.4, 0.5) is 0 Å². The molecule has 0 atom stereocenters. The van der Waals surface area contributed by atoms with Gasteiger partial charge in [-0.3, -0.25) is 4.79 Å². The molecule has 0 unspecified atom stereocenters. The molecule has 2 aromatic carbocycles. The second-order valence-electron chi connectivity index (χ2n) is 5.69. The average molecular weight is 453 g/mol. The fourth-order valence-corrected chi connectivity index (χ4v) is 3.44. The minimum absolute atomic E-state index is 0.0992. The number of hydrogen-bond donors (Lipinski definition) is 1. The normalized spacial score (nSPS) is 11.0. The maximum absolute atomic E-state index is 12.5. The van der Waals surface area contributed by atoms with Crippen LogP contribution in [0.5, 0.6) is 5.75 Å². The van der Waals surface area contributed by atoms with E-state index >= 15 is 0 Å². The van der Waals surface area contributed by atoms with Gasteiger partial charge in [0.1, 0.15) is 12.4 Å². The summed E-state index contributed by atoms with van der Waals surface area (Å²) < 4.78 is 33.0. The third-order valence-electron chi connectivity index (χ3n) is 3.69. The number of nitrogens with one attached hydrogen (secondary N) is 1. The second kappa shape index (κ2) is 9.68. The van der Waals surface area contributed by atoms with Gasteiger partial charge in [-0.05, 0) is 48.5 Å². The zero-order valence-corrected chi connectivity index (χ0v) is 17.3. The van der Waals surface area contributed by atoms with Crippen LogP contribution in [0.25, 0.3) is 0 Å². The first-order valence-corrected chi connectivity index (χ1v) is 10.5. The van der Waals surface area contributed by atoms with Gasteiger partial charge in [0, 0.05) is 23.6 Å². The zero-order valence-electron chi connectivity index (χ0n) is 14.9. The van der Waals surface area contributed by atoms with Gasteiger partial charge in [-0.1, -0.05) is 22.0 Å². The number of amides is 1. The summed E-state index contributed by atoms with van der Waals surface area (Å²) in [6.07, 6.45) is 1.46. The number of carbonyl (C=O) groups excluding carboxylic acids is 1. The van der Waals surface area contributed by atoms with E-state index in [1.807, 2.05) is 24.3 Å². The number of ether oxygens (including phenoxy) is 1. The molecule has 0 aliphatic carbocycles. The number of nitrogens with zero attached hydrogens (tertiary/aromatic N) is 1. The van der Waals surface area contributed by atoms with Gasteiger partial charge in [-0.2, -0.15) is 0 Å². The predicted molar refractivity (Wildman–Crippen MR) is 108 cm³/mol. The molecule has 0 saturated heterocycles. The van der Waals surface area contributed by atoms with Gasteiger partial charge in [0.15, 0.2) is 0 Å².